The van der Waals surface area contributed by atoms with Crippen molar-refractivity contribution in [2.45, 2.75) is 24.6 Å². The van der Waals surface area contributed by atoms with Crippen LogP contribution >= 0.6 is 0 Å². The first-order valence-electron chi connectivity index (χ1n) is 5.29. The summed E-state index contributed by atoms with van der Waals surface area (Å²) in [5, 5.41) is 27.9. The SMILES string of the molecule is C=CC(=O)OCCOOC1OC[C@H](O)C(O)C1O. The second-order valence-electron chi connectivity index (χ2n) is 3.54. The van der Waals surface area contributed by atoms with E-state index in [2.05, 4.69) is 21.1 Å². The number of rotatable bonds is 6. The van der Waals surface area contributed by atoms with Crippen molar-refractivity contribution in [2.24, 2.45) is 0 Å². The molecule has 0 saturated carbocycles. The summed E-state index contributed by atoms with van der Waals surface area (Å²) in [5.41, 5.74) is 0. The molecule has 0 spiro atoms. The van der Waals surface area contributed by atoms with Gasteiger partial charge in [0.1, 0.15) is 31.5 Å². The molecule has 18 heavy (non-hydrogen) atoms. The fourth-order valence-electron chi connectivity index (χ4n) is 1.21. The highest BCUT2D eigenvalue weighted by Gasteiger charge is 2.38. The molecular formula is C10H16O8. The fraction of sp³-hybridized carbons (Fsp3) is 0.700. The molecule has 1 fully saturated rings. The largest absolute Gasteiger partial charge is 0.460 e. The van der Waals surface area contributed by atoms with E-state index >= 15 is 0 Å². The highest BCUT2D eigenvalue weighted by molar-refractivity contribution is 5.81. The highest BCUT2D eigenvalue weighted by atomic mass is 17.2. The van der Waals surface area contributed by atoms with Crippen molar-refractivity contribution in [1.82, 2.24) is 0 Å². The van der Waals surface area contributed by atoms with Crippen LogP contribution in [0.5, 0.6) is 0 Å². The lowest BCUT2D eigenvalue weighted by atomic mass is 10.1. The van der Waals surface area contributed by atoms with Crippen LogP contribution < -0.4 is 0 Å². The zero-order valence-corrected chi connectivity index (χ0v) is 9.60. The van der Waals surface area contributed by atoms with Gasteiger partial charge in [0, 0.05) is 6.08 Å². The number of carbonyl (C=O) groups excluding carboxylic acids is 1. The summed E-state index contributed by atoms with van der Waals surface area (Å²) < 4.78 is 9.48. The Balaban J connectivity index is 2.15. The minimum absolute atomic E-state index is 0.0567. The summed E-state index contributed by atoms with van der Waals surface area (Å²) in [6.07, 6.45) is -4.17. The lowest BCUT2D eigenvalue weighted by Crippen LogP contribution is -2.53. The molecule has 0 radical (unpaired) electrons. The van der Waals surface area contributed by atoms with Crippen molar-refractivity contribution < 1.29 is 39.4 Å². The van der Waals surface area contributed by atoms with E-state index < -0.39 is 30.6 Å². The van der Waals surface area contributed by atoms with E-state index in [1.165, 1.54) is 0 Å². The summed E-state index contributed by atoms with van der Waals surface area (Å²) in [7, 11) is 0. The molecule has 1 heterocycles. The minimum Gasteiger partial charge on any atom is -0.460 e. The molecule has 0 aliphatic carbocycles. The Hall–Kier alpha value is -1.03. The zero-order chi connectivity index (χ0) is 13.5. The van der Waals surface area contributed by atoms with Gasteiger partial charge < -0.3 is 24.8 Å². The third-order valence-corrected chi connectivity index (χ3v) is 2.19. The Morgan fingerprint density at radius 2 is 2.06 bits per heavy atom. The second-order valence-corrected chi connectivity index (χ2v) is 3.54. The highest BCUT2D eigenvalue weighted by Crippen LogP contribution is 2.16. The van der Waals surface area contributed by atoms with Crippen molar-refractivity contribution in [2.75, 3.05) is 19.8 Å². The van der Waals surface area contributed by atoms with Crippen LogP contribution in [0.15, 0.2) is 12.7 Å². The van der Waals surface area contributed by atoms with E-state index in [4.69, 9.17) is 9.84 Å². The average Bonchev–Trinajstić information content (AvgIpc) is 2.37. The van der Waals surface area contributed by atoms with E-state index in [0.29, 0.717) is 0 Å². The van der Waals surface area contributed by atoms with Gasteiger partial charge in [0.05, 0.1) is 6.61 Å². The average molecular weight is 264 g/mol. The normalized spacial score (nSPS) is 31.9. The Kier molecular flexibility index (Phi) is 6.19. The van der Waals surface area contributed by atoms with Crippen LogP contribution in [0.25, 0.3) is 0 Å². The topological polar surface area (TPSA) is 115 Å². The summed E-state index contributed by atoms with van der Waals surface area (Å²) in [5.74, 6) is -0.592. The van der Waals surface area contributed by atoms with Crippen molar-refractivity contribution in [3.05, 3.63) is 12.7 Å². The lowest BCUT2D eigenvalue weighted by molar-refractivity contribution is -0.415. The van der Waals surface area contributed by atoms with Crippen LogP contribution in [-0.2, 0) is 24.0 Å². The monoisotopic (exact) mass is 264 g/mol. The molecule has 104 valence electrons. The van der Waals surface area contributed by atoms with Crippen molar-refractivity contribution >= 4 is 5.97 Å². The molecule has 3 unspecified atom stereocenters. The maximum Gasteiger partial charge on any atom is 0.330 e. The molecule has 1 aliphatic rings. The third-order valence-electron chi connectivity index (χ3n) is 2.19. The molecule has 8 heteroatoms. The first-order valence-corrected chi connectivity index (χ1v) is 5.29. The molecule has 0 bridgehead atoms. The van der Waals surface area contributed by atoms with Gasteiger partial charge in [0.25, 0.3) is 0 Å². The van der Waals surface area contributed by atoms with Gasteiger partial charge in [-0.05, 0) is 0 Å². The number of hydrogen-bond donors (Lipinski definition) is 3. The van der Waals surface area contributed by atoms with E-state index in [9.17, 15) is 15.0 Å². The van der Waals surface area contributed by atoms with E-state index in [1.807, 2.05) is 0 Å². The van der Waals surface area contributed by atoms with Crippen molar-refractivity contribution in [1.29, 1.82) is 0 Å². The van der Waals surface area contributed by atoms with Crippen LogP contribution in [0.3, 0.4) is 0 Å². The van der Waals surface area contributed by atoms with E-state index in [1.54, 1.807) is 0 Å². The summed E-state index contributed by atoms with van der Waals surface area (Å²) in [4.78, 5) is 19.9. The molecular weight excluding hydrogens is 248 g/mol. The standard InChI is InChI=1S/C10H16O8/c1-2-7(12)15-3-4-17-18-10-9(14)8(13)6(11)5-16-10/h2,6,8-11,13-14H,1,3-5H2/t6-,8?,9?,10?/m0/s1. The van der Waals surface area contributed by atoms with Gasteiger partial charge in [-0.3, -0.25) is 0 Å². The maximum atomic E-state index is 10.6. The Labute approximate surface area is 103 Å². The fourth-order valence-corrected chi connectivity index (χ4v) is 1.21. The second kappa shape index (κ2) is 7.41. The number of aliphatic hydroxyl groups excluding tert-OH is 3. The van der Waals surface area contributed by atoms with Gasteiger partial charge in [0.2, 0.25) is 6.29 Å². The molecule has 4 atom stereocenters. The Morgan fingerprint density at radius 1 is 1.33 bits per heavy atom. The van der Waals surface area contributed by atoms with Crippen LogP contribution in [0.4, 0.5) is 0 Å². The number of hydrogen-bond acceptors (Lipinski definition) is 8. The minimum atomic E-state index is -1.43. The Bertz CT molecular complexity index is 281. The zero-order valence-electron chi connectivity index (χ0n) is 9.60. The summed E-state index contributed by atoms with van der Waals surface area (Å²) in [6.45, 7) is 2.89. The smallest absolute Gasteiger partial charge is 0.330 e. The molecule has 8 nitrogen and oxygen atoms in total. The summed E-state index contributed by atoms with van der Waals surface area (Å²) >= 11 is 0. The van der Waals surface area contributed by atoms with Gasteiger partial charge in [-0.25, -0.2) is 14.6 Å². The first kappa shape index (κ1) is 15.0. The number of carbonyl (C=O) groups is 1. The quantitative estimate of drug-likeness (QED) is 0.168. The predicted octanol–water partition coefficient (Wildman–Crippen LogP) is -1.90. The van der Waals surface area contributed by atoms with Crippen molar-refractivity contribution in [3.63, 3.8) is 0 Å². The van der Waals surface area contributed by atoms with E-state index in [-0.39, 0.29) is 19.8 Å². The molecule has 0 aromatic heterocycles. The summed E-state index contributed by atoms with van der Waals surface area (Å²) in [6, 6.07) is 0. The lowest BCUT2D eigenvalue weighted by Gasteiger charge is -2.33. The van der Waals surface area contributed by atoms with Crippen LogP contribution in [0.2, 0.25) is 0 Å². The maximum absolute atomic E-state index is 10.6. The first-order chi connectivity index (χ1) is 8.56. The molecule has 0 aromatic carbocycles. The van der Waals surface area contributed by atoms with Crippen LogP contribution in [-0.4, -0.2) is 65.7 Å². The van der Waals surface area contributed by atoms with Gasteiger partial charge >= 0.3 is 5.97 Å². The molecule has 3 N–H and O–H groups in total. The number of aliphatic hydroxyl groups is 3. The molecule has 1 rings (SSSR count). The Morgan fingerprint density at radius 3 is 2.72 bits per heavy atom. The van der Waals surface area contributed by atoms with Gasteiger partial charge in [-0.1, -0.05) is 6.58 Å². The van der Waals surface area contributed by atoms with Gasteiger partial charge in [-0.2, -0.15) is 0 Å². The molecule has 0 amide bonds. The number of ether oxygens (including phenoxy) is 2. The molecule has 1 aliphatic heterocycles. The molecule has 0 aromatic rings. The van der Waals surface area contributed by atoms with Crippen LogP contribution in [0, 0.1) is 0 Å². The molecule has 1 saturated heterocycles. The van der Waals surface area contributed by atoms with Gasteiger partial charge in [-0.15, -0.1) is 0 Å². The van der Waals surface area contributed by atoms with Crippen molar-refractivity contribution in [3.8, 4) is 0 Å². The number of esters is 1. The van der Waals surface area contributed by atoms with Gasteiger partial charge in [0.15, 0.2) is 0 Å². The third kappa shape index (κ3) is 4.33. The predicted molar refractivity (Wildman–Crippen MR) is 56.0 cm³/mol. The van der Waals surface area contributed by atoms with Crippen LogP contribution in [0.1, 0.15) is 0 Å². The van der Waals surface area contributed by atoms with E-state index in [0.717, 1.165) is 6.08 Å².